The van der Waals surface area contributed by atoms with E-state index in [1.54, 1.807) is 6.07 Å². The zero-order valence-corrected chi connectivity index (χ0v) is 12.9. The molecule has 0 bridgehead atoms. The Labute approximate surface area is 125 Å². The second kappa shape index (κ2) is 6.52. The fourth-order valence-electron chi connectivity index (χ4n) is 2.93. The van der Waals surface area contributed by atoms with Crippen LogP contribution in [0.3, 0.4) is 0 Å². The second-order valence-corrected chi connectivity index (χ2v) is 5.98. The molecule has 1 aliphatic carbocycles. The van der Waals surface area contributed by atoms with Gasteiger partial charge in [0.25, 0.3) is 0 Å². The zero-order valence-electron chi connectivity index (χ0n) is 12.9. The van der Waals surface area contributed by atoms with E-state index >= 15 is 0 Å². The SMILES string of the molecule is CCCOc1cc(N(C)CC2(O)CCCC2)c(N)cc1F. The van der Waals surface area contributed by atoms with Crippen molar-refractivity contribution in [1.82, 2.24) is 0 Å². The van der Waals surface area contributed by atoms with Crippen LogP contribution in [0.15, 0.2) is 12.1 Å². The maximum atomic E-state index is 13.8. The summed E-state index contributed by atoms with van der Waals surface area (Å²) in [6, 6.07) is 2.91. The predicted molar refractivity (Wildman–Crippen MR) is 83.3 cm³/mol. The van der Waals surface area contributed by atoms with Crippen molar-refractivity contribution >= 4 is 11.4 Å². The number of halogens is 1. The van der Waals surface area contributed by atoms with E-state index in [2.05, 4.69) is 0 Å². The van der Waals surface area contributed by atoms with Gasteiger partial charge in [-0.25, -0.2) is 4.39 Å². The van der Waals surface area contributed by atoms with E-state index < -0.39 is 11.4 Å². The van der Waals surface area contributed by atoms with Gasteiger partial charge in [-0.1, -0.05) is 19.8 Å². The van der Waals surface area contributed by atoms with Crippen molar-refractivity contribution in [2.75, 3.05) is 30.8 Å². The first-order chi connectivity index (χ1) is 9.95. The monoisotopic (exact) mass is 296 g/mol. The molecular formula is C16H25FN2O2. The molecule has 1 aromatic carbocycles. The van der Waals surface area contributed by atoms with Crippen molar-refractivity contribution in [3.05, 3.63) is 17.9 Å². The summed E-state index contributed by atoms with van der Waals surface area (Å²) in [6.07, 6.45) is 4.52. The molecule has 3 N–H and O–H groups in total. The number of nitrogens with zero attached hydrogens (tertiary/aromatic N) is 1. The van der Waals surface area contributed by atoms with Crippen molar-refractivity contribution in [2.24, 2.45) is 0 Å². The Morgan fingerprint density at radius 1 is 1.38 bits per heavy atom. The molecule has 1 aromatic rings. The lowest BCUT2D eigenvalue weighted by Gasteiger charge is -2.31. The number of hydrogen-bond acceptors (Lipinski definition) is 4. The molecular weight excluding hydrogens is 271 g/mol. The Hall–Kier alpha value is -1.49. The van der Waals surface area contributed by atoms with Crippen LogP contribution in [0.2, 0.25) is 0 Å². The third-order valence-corrected chi connectivity index (χ3v) is 4.02. The van der Waals surface area contributed by atoms with Crippen molar-refractivity contribution in [1.29, 1.82) is 0 Å². The quantitative estimate of drug-likeness (QED) is 0.792. The second-order valence-electron chi connectivity index (χ2n) is 5.98. The molecule has 21 heavy (non-hydrogen) atoms. The Kier molecular flexibility index (Phi) is 4.93. The topological polar surface area (TPSA) is 58.7 Å². The number of nitrogens with two attached hydrogens (primary N) is 1. The molecule has 1 saturated carbocycles. The van der Waals surface area contributed by atoms with Gasteiger partial charge >= 0.3 is 0 Å². The molecule has 0 aliphatic heterocycles. The Balaban J connectivity index is 2.17. The van der Waals surface area contributed by atoms with Crippen LogP contribution in [0.25, 0.3) is 0 Å². The first-order valence-corrected chi connectivity index (χ1v) is 7.60. The van der Waals surface area contributed by atoms with Crippen molar-refractivity contribution in [3.8, 4) is 5.75 Å². The molecule has 4 nitrogen and oxygen atoms in total. The molecule has 0 amide bonds. The van der Waals surface area contributed by atoms with E-state index in [0.717, 1.165) is 32.1 Å². The van der Waals surface area contributed by atoms with E-state index in [4.69, 9.17) is 10.5 Å². The Morgan fingerprint density at radius 2 is 2.05 bits per heavy atom. The number of aliphatic hydroxyl groups is 1. The van der Waals surface area contributed by atoms with Gasteiger partial charge < -0.3 is 20.5 Å². The van der Waals surface area contributed by atoms with Gasteiger partial charge in [0.15, 0.2) is 11.6 Å². The van der Waals surface area contributed by atoms with Gasteiger partial charge in [-0.2, -0.15) is 0 Å². The minimum atomic E-state index is -0.667. The molecule has 1 aliphatic rings. The predicted octanol–water partition coefficient (Wildman–Crippen LogP) is 2.94. The van der Waals surface area contributed by atoms with Gasteiger partial charge in [0, 0.05) is 25.7 Å². The van der Waals surface area contributed by atoms with Crippen LogP contribution < -0.4 is 15.4 Å². The van der Waals surface area contributed by atoms with Crippen LogP contribution in [0.5, 0.6) is 5.75 Å². The first-order valence-electron chi connectivity index (χ1n) is 7.60. The van der Waals surface area contributed by atoms with E-state index in [0.29, 0.717) is 24.5 Å². The first kappa shape index (κ1) is 15.9. The fraction of sp³-hybridized carbons (Fsp3) is 0.625. The lowest BCUT2D eigenvalue weighted by molar-refractivity contribution is 0.0559. The standard InChI is InChI=1S/C16H25FN2O2/c1-3-8-21-15-10-14(13(18)9-12(15)17)19(2)11-16(20)6-4-5-7-16/h9-10,20H,3-8,11,18H2,1-2H3. The summed E-state index contributed by atoms with van der Waals surface area (Å²) in [4.78, 5) is 1.89. The highest BCUT2D eigenvalue weighted by molar-refractivity contribution is 5.69. The normalized spacial score (nSPS) is 17.0. The molecule has 0 atom stereocenters. The van der Waals surface area contributed by atoms with Gasteiger partial charge in [-0.15, -0.1) is 0 Å². The summed E-state index contributed by atoms with van der Waals surface area (Å²) < 4.78 is 19.2. The number of anilines is 2. The fourth-order valence-corrected chi connectivity index (χ4v) is 2.93. The smallest absolute Gasteiger partial charge is 0.167 e. The molecule has 0 unspecified atom stereocenters. The third kappa shape index (κ3) is 3.79. The summed E-state index contributed by atoms with van der Waals surface area (Å²) in [7, 11) is 1.86. The van der Waals surface area contributed by atoms with E-state index in [-0.39, 0.29) is 5.75 Å². The lowest BCUT2D eigenvalue weighted by atomic mass is 10.0. The molecule has 0 radical (unpaired) electrons. The summed E-state index contributed by atoms with van der Waals surface area (Å²) >= 11 is 0. The van der Waals surface area contributed by atoms with Gasteiger partial charge in [-0.05, 0) is 19.3 Å². The molecule has 118 valence electrons. The average molecular weight is 296 g/mol. The van der Waals surface area contributed by atoms with Crippen LogP contribution in [0, 0.1) is 5.82 Å². The Morgan fingerprint density at radius 3 is 2.67 bits per heavy atom. The highest BCUT2D eigenvalue weighted by Gasteiger charge is 2.32. The van der Waals surface area contributed by atoms with E-state index in [1.165, 1.54) is 6.07 Å². The largest absolute Gasteiger partial charge is 0.490 e. The van der Waals surface area contributed by atoms with Crippen LogP contribution in [-0.4, -0.2) is 30.9 Å². The Bertz CT molecular complexity index is 487. The van der Waals surface area contributed by atoms with Crippen molar-refractivity contribution in [2.45, 2.75) is 44.6 Å². The zero-order chi connectivity index (χ0) is 15.5. The minimum absolute atomic E-state index is 0.214. The van der Waals surface area contributed by atoms with Crippen LogP contribution in [0.1, 0.15) is 39.0 Å². The van der Waals surface area contributed by atoms with Crippen molar-refractivity contribution < 1.29 is 14.2 Å². The molecule has 2 rings (SSSR count). The lowest BCUT2D eigenvalue weighted by Crippen LogP contribution is -2.39. The van der Waals surface area contributed by atoms with Crippen LogP contribution in [0.4, 0.5) is 15.8 Å². The van der Waals surface area contributed by atoms with E-state index in [1.807, 2.05) is 18.9 Å². The van der Waals surface area contributed by atoms with Crippen LogP contribution >= 0.6 is 0 Å². The molecule has 0 heterocycles. The minimum Gasteiger partial charge on any atom is -0.490 e. The van der Waals surface area contributed by atoms with Gasteiger partial charge in [0.1, 0.15) is 0 Å². The summed E-state index contributed by atoms with van der Waals surface area (Å²) in [5.41, 5.74) is 6.31. The number of hydrogen-bond donors (Lipinski definition) is 2. The molecule has 1 fully saturated rings. The molecule has 5 heteroatoms. The van der Waals surface area contributed by atoms with Crippen LogP contribution in [-0.2, 0) is 0 Å². The summed E-state index contributed by atoms with van der Waals surface area (Å²) in [5.74, 6) is -0.232. The number of likely N-dealkylation sites (N-methyl/N-ethyl adjacent to an activating group) is 1. The number of nitrogen functional groups attached to an aromatic ring is 1. The molecule has 0 aromatic heterocycles. The third-order valence-electron chi connectivity index (χ3n) is 4.02. The van der Waals surface area contributed by atoms with Gasteiger partial charge in [-0.3, -0.25) is 0 Å². The average Bonchev–Trinajstić information content (AvgIpc) is 2.84. The molecule has 0 saturated heterocycles. The number of ether oxygens (including phenoxy) is 1. The highest BCUT2D eigenvalue weighted by Crippen LogP contribution is 2.35. The maximum absolute atomic E-state index is 13.8. The van der Waals surface area contributed by atoms with Crippen molar-refractivity contribution in [3.63, 3.8) is 0 Å². The summed E-state index contributed by atoms with van der Waals surface area (Å²) in [6.45, 7) is 2.93. The van der Waals surface area contributed by atoms with Gasteiger partial charge in [0.2, 0.25) is 0 Å². The van der Waals surface area contributed by atoms with E-state index in [9.17, 15) is 9.50 Å². The number of benzene rings is 1. The number of rotatable bonds is 6. The maximum Gasteiger partial charge on any atom is 0.167 e. The summed E-state index contributed by atoms with van der Waals surface area (Å²) in [5, 5.41) is 10.5. The molecule has 0 spiro atoms. The van der Waals surface area contributed by atoms with Gasteiger partial charge in [0.05, 0.1) is 23.6 Å². The highest BCUT2D eigenvalue weighted by atomic mass is 19.1.